The van der Waals surface area contributed by atoms with Gasteiger partial charge in [0.05, 0.1) is 5.54 Å². The van der Waals surface area contributed by atoms with Gasteiger partial charge < -0.3 is 11.1 Å². The quantitative estimate of drug-likeness (QED) is 0.895. The van der Waals surface area contributed by atoms with Gasteiger partial charge in [-0.15, -0.1) is 0 Å². The van der Waals surface area contributed by atoms with Crippen molar-refractivity contribution in [1.29, 1.82) is 0 Å². The smallest absolute Gasteiger partial charge is 0.0662 e. The molecule has 3 rings (SSSR count). The number of benzene rings is 2. The monoisotopic (exact) mass is 302 g/mol. The Kier molecular flexibility index (Phi) is 2.98. The molecule has 0 bridgehead atoms. The largest absolute Gasteiger partial charge is 0.319 e. The molecule has 2 nitrogen and oxygen atoms in total. The third-order valence-electron chi connectivity index (χ3n) is 3.48. The summed E-state index contributed by atoms with van der Waals surface area (Å²) < 4.78 is 1.10. The predicted octanol–water partition coefficient (Wildman–Crippen LogP) is 2.87. The summed E-state index contributed by atoms with van der Waals surface area (Å²) in [5.41, 5.74) is 9.77. The fraction of sp³-hybridized carbons (Fsp3) is 0.200. The Morgan fingerprint density at radius 2 is 1.67 bits per heavy atom. The van der Waals surface area contributed by atoms with E-state index in [2.05, 4.69) is 63.7 Å². The number of nitrogens with two attached hydrogens (primary N) is 1. The van der Waals surface area contributed by atoms with Crippen LogP contribution in [0.2, 0.25) is 0 Å². The maximum absolute atomic E-state index is 6.33. The van der Waals surface area contributed by atoms with Crippen molar-refractivity contribution in [1.82, 2.24) is 5.32 Å². The molecule has 1 aliphatic heterocycles. The first-order chi connectivity index (χ1) is 8.67. The van der Waals surface area contributed by atoms with Gasteiger partial charge in [-0.25, -0.2) is 0 Å². The van der Waals surface area contributed by atoms with Gasteiger partial charge in [-0.1, -0.05) is 46.3 Å². The number of rotatable bonds is 2. The molecule has 1 heterocycles. The first-order valence-electron chi connectivity index (χ1n) is 6.03. The Bertz CT molecular complexity index is 576. The maximum atomic E-state index is 6.33. The molecule has 92 valence electrons. The lowest BCUT2D eigenvalue weighted by molar-refractivity contribution is 0.287. The van der Waals surface area contributed by atoms with Gasteiger partial charge in [0.1, 0.15) is 0 Å². The van der Waals surface area contributed by atoms with Crippen molar-refractivity contribution in [3.05, 3.63) is 58.6 Å². The minimum Gasteiger partial charge on any atom is -0.319 e. The molecular formula is C15H15BrN2. The molecule has 0 aromatic heterocycles. The molecule has 1 saturated heterocycles. The van der Waals surface area contributed by atoms with E-state index in [1.54, 1.807) is 0 Å². The van der Waals surface area contributed by atoms with E-state index < -0.39 is 0 Å². The molecule has 0 saturated carbocycles. The Morgan fingerprint density at radius 1 is 1.00 bits per heavy atom. The van der Waals surface area contributed by atoms with Crippen LogP contribution in [0.5, 0.6) is 0 Å². The van der Waals surface area contributed by atoms with Crippen LogP contribution in [0.4, 0.5) is 0 Å². The summed E-state index contributed by atoms with van der Waals surface area (Å²) in [6, 6.07) is 16.8. The summed E-state index contributed by atoms with van der Waals surface area (Å²) >= 11 is 3.51. The molecule has 18 heavy (non-hydrogen) atoms. The normalized spacial score (nSPS) is 17.2. The number of nitrogens with one attached hydrogen (secondary N) is 1. The molecule has 0 aliphatic carbocycles. The van der Waals surface area contributed by atoms with Crippen molar-refractivity contribution >= 4 is 15.9 Å². The molecule has 1 aliphatic rings. The minimum absolute atomic E-state index is 0.192. The van der Waals surface area contributed by atoms with Crippen LogP contribution in [0, 0.1) is 0 Å². The highest BCUT2D eigenvalue weighted by Crippen LogP contribution is 2.28. The third kappa shape index (κ3) is 2.09. The van der Waals surface area contributed by atoms with Gasteiger partial charge in [-0.3, -0.25) is 0 Å². The van der Waals surface area contributed by atoms with Crippen LogP contribution >= 0.6 is 15.9 Å². The first kappa shape index (κ1) is 11.9. The fourth-order valence-corrected chi connectivity index (χ4v) is 2.67. The minimum atomic E-state index is -0.192. The van der Waals surface area contributed by atoms with E-state index in [0.29, 0.717) is 0 Å². The van der Waals surface area contributed by atoms with Crippen LogP contribution in [0.25, 0.3) is 11.1 Å². The highest BCUT2D eigenvalue weighted by atomic mass is 79.9. The van der Waals surface area contributed by atoms with Gasteiger partial charge in [-0.2, -0.15) is 0 Å². The summed E-state index contributed by atoms with van der Waals surface area (Å²) in [5.74, 6) is 0. The van der Waals surface area contributed by atoms with Crippen LogP contribution in [0.15, 0.2) is 53.0 Å². The van der Waals surface area contributed by atoms with Crippen LogP contribution < -0.4 is 11.1 Å². The van der Waals surface area contributed by atoms with Crippen LogP contribution in [0.1, 0.15) is 5.56 Å². The Balaban J connectivity index is 2.01. The molecule has 2 aromatic rings. The van der Waals surface area contributed by atoms with Gasteiger partial charge in [0.15, 0.2) is 0 Å². The van der Waals surface area contributed by atoms with Gasteiger partial charge in [0.2, 0.25) is 0 Å². The van der Waals surface area contributed by atoms with E-state index in [0.717, 1.165) is 17.6 Å². The van der Waals surface area contributed by atoms with Crippen molar-refractivity contribution in [3.63, 3.8) is 0 Å². The van der Waals surface area contributed by atoms with E-state index in [9.17, 15) is 0 Å². The highest BCUT2D eigenvalue weighted by Gasteiger charge is 2.34. The molecule has 0 atom stereocenters. The lowest BCUT2D eigenvalue weighted by Crippen LogP contribution is -2.62. The Hall–Kier alpha value is -1.16. The van der Waals surface area contributed by atoms with E-state index in [1.807, 2.05) is 6.07 Å². The van der Waals surface area contributed by atoms with Crippen LogP contribution in [-0.2, 0) is 5.54 Å². The van der Waals surface area contributed by atoms with Gasteiger partial charge in [-0.05, 0) is 34.9 Å². The van der Waals surface area contributed by atoms with Crippen LogP contribution in [-0.4, -0.2) is 13.1 Å². The van der Waals surface area contributed by atoms with Crippen molar-refractivity contribution < 1.29 is 0 Å². The average molecular weight is 303 g/mol. The van der Waals surface area contributed by atoms with Gasteiger partial charge in [0, 0.05) is 17.6 Å². The summed E-state index contributed by atoms with van der Waals surface area (Å²) in [6.07, 6.45) is 0. The van der Waals surface area contributed by atoms with E-state index in [1.165, 1.54) is 16.7 Å². The standard InChI is InChI=1S/C15H15BrN2/c16-14-6-2-4-12(8-14)11-3-1-5-13(7-11)15(17)9-18-10-15/h1-8,18H,9-10,17H2. The lowest BCUT2D eigenvalue weighted by Gasteiger charge is -2.39. The van der Waals surface area contributed by atoms with Crippen molar-refractivity contribution in [2.75, 3.05) is 13.1 Å². The third-order valence-corrected chi connectivity index (χ3v) is 3.97. The molecule has 1 fully saturated rings. The first-order valence-corrected chi connectivity index (χ1v) is 6.83. The zero-order chi connectivity index (χ0) is 12.6. The molecule has 3 heteroatoms. The van der Waals surface area contributed by atoms with E-state index in [4.69, 9.17) is 5.73 Å². The lowest BCUT2D eigenvalue weighted by atomic mass is 9.84. The highest BCUT2D eigenvalue weighted by molar-refractivity contribution is 9.10. The summed E-state index contributed by atoms with van der Waals surface area (Å²) in [5, 5.41) is 3.24. The second-order valence-electron chi connectivity index (χ2n) is 4.85. The maximum Gasteiger partial charge on any atom is 0.0662 e. The molecule has 0 amide bonds. The zero-order valence-electron chi connectivity index (χ0n) is 9.99. The van der Waals surface area contributed by atoms with Crippen LogP contribution in [0.3, 0.4) is 0 Å². The number of halogens is 1. The molecule has 3 N–H and O–H groups in total. The predicted molar refractivity (Wildman–Crippen MR) is 78.3 cm³/mol. The molecule has 0 unspecified atom stereocenters. The van der Waals surface area contributed by atoms with Gasteiger partial charge >= 0.3 is 0 Å². The van der Waals surface area contributed by atoms with E-state index >= 15 is 0 Å². The van der Waals surface area contributed by atoms with Crippen molar-refractivity contribution in [2.45, 2.75) is 5.54 Å². The van der Waals surface area contributed by atoms with Crippen molar-refractivity contribution in [3.8, 4) is 11.1 Å². The molecular weight excluding hydrogens is 288 g/mol. The number of hydrogen-bond acceptors (Lipinski definition) is 2. The zero-order valence-corrected chi connectivity index (χ0v) is 11.6. The van der Waals surface area contributed by atoms with Crippen molar-refractivity contribution in [2.24, 2.45) is 5.73 Å². The number of hydrogen-bond donors (Lipinski definition) is 2. The summed E-state index contributed by atoms with van der Waals surface area (Å²) in [7, 11) is 0. The summed E-state index contributed by atoms with van der Waals surface area (Å²) in [6.45, 7) is 1.71. The SMILES string of the molecule is NC1(c2cccc(-c3cccc(Br)c3)c2)CNC1. The topological polar surface area (TPSA) is 38.0 Å². The summed E-state index contributed by atoms with van der Waals surface area (Å²) in [4.78, 5) is 0. The van der Waals surface area contributed by atoms with Gasteiger partial charge in [0.25, 0.3) is 0 Å². The Labute approximate surface area is 115 Å². The molecule has 2 aromatic carbocycles. The average Bonchev–Trinajstić information content (AvgIpc) is 2.36. The fourth-order valence-electron chi connectivity index (χ4n) is 2.27. The Morgan fingerprint density at radius 3 is 2.28 bits per heavy atom. The second kappa shape index (κ2) is 4.50. The van der Waals surface area contributed by atoms with E-state index in [-0.39, 0.29) is 5.54 Å². The molecule has 0 radical (unpaired) electrons. The second-order valence-corrected chi connectivity index (χ2v) is 5.77. The molecule has 0 spiro atoms.